The minimum Gasteiger partial charge on any atom is -0.502 e. The van der Waals surface area contributed by atoms with E-state index in [-0.39, 0.29) is 29.4 Å². The lowest BCUT2D eigenvalue weighted by atomic mass is 10.1. The van der Waals surface area contributed by atoms with Crippen LogP contribution in [0.4, 0.5) is 0 Å². The number of aromatic hydroxyl groups is 1. The molecule has 30 heavy (non-hydrogen) atoms. The smallest absolute Gasteiger partial charge is 0.262 e. The largest absolute Gasteiger partial charge is 0.502 e. The van der Waals surface area contributed by atoms with E-state index in [2.05, 4.69) is 5.32 Å². The van der Waals surface area contributed by atoms with Gasteiger partial charge in [0.05, 0.1) is 21.3 Å². The molecule has 7 heteroatoms. The number of hydrogen-bond donors (Lipinski definition) is 2. The van der Waals surface area contributed by atoms with E-state index in [1.807, 2.05) is 31.2 Å². The minimum absolute atomic E-state index is 0.0458. The number of phenolic OH excluding ortho intramolecular Hbond substituents is 1. The van der Waals surface area contributed by atoms with E-state index in [0.29, 0.717) is 11.3 Å². The highest BCUT2D eigenvalue weighted by atomic mass is 16.5. The number of amides is 1. The number of allylic oxidation sites excluding steroid dienone is 2. The molecule has 0 spiro atoms. The highest BCUT2D eigenvalue weighted by Crippen LogP contribution is 2.37. The molecular formula is C23H24N2O5. The fourth-order valence-electron chi connectivity index (χ4n) is 2.84. The lowest BCUT2D eigenvalue weighted by Gasteiger charge is -2.11. The van der Waals surface area contributed by atoms with Crippen LogP contribution in [0.3, 0.4) is 0 Å². The molecule has 7 nitrogen and oxygen atoms in total. The number of aryl methyl sites for hydroxylation is 1. The van der Waals surface area contributed by atoms with Crippen molar-refractivity contribution in [3.8, 4) is 29.1 Å². The van der Waals surface area contributed by atoms with Crippen LogP contribution in [0.2, 0.25) is 0 Å². The maximum Gasteiger partial charge on any atom is 0.262 e. The average molecular weight is 408 g/mol. The first kappa shape index (κ1) is 22.4. The van der Waals surface area contributed by atoms with Crippen molar-refractivity contribution in [2.24, 2.45) is 0 Å². The zero-order valence-corrected chi connectivity index (χ0v) is 17.4. The number of rotatable bonds is 8. The SMILES string of the molecule is COc1cc(/C=C/C=C(\C#N)C(=O)NCc2cccc(C)c2OC)cc(OC)c1O. The van der Waals surface area contributed by atoms with Gasteiger partial charge in [-0.3, -0.25) is 4.79 Å². The Hall–Kier alpha value is -3.92. The number of methoxy groups -OCH3 is 3. The first-order valence-corrected chi connectivity index (χ1v) is 9.09. The van der Waals surface area contributed by atoms with Gasteiger partial charge in [-0.1, -0.05) is 30.4 Å². The highest BCUT2D eigenvalue weighted by Gasteiger charge is 2.12. The van der Waals surface area contributed by atoms with E-state index >= 15 is 0 Å². The topological polar surface area (TPSA) is 101 Å². The molecule has 0 aromatic heterocycles. The second kappa shape index (κ2) is 10.6. The average Bonchev–Trinajstić information content (AvgIpc) is 2.75. The molecule has 0 aliphatic heterocycles. The number of nitriles is 1. The van der Waals surface area contributed by atoms with Crippen molar-refractivity contribution in [3.05, 3.63) is 64.7 Å². The van der Waals surface area contributed by atoms with Crippen LogP contribution >= 0.6 is 0 Å². The summed E-state index contributed by atoms with van der Waals surface area (Å²) in [5.41, 5.74) is 2.40. The van der Waals surface area contributed by atoms with Crippen LogP contribution in [0, 0.1) is 18.3 Å². The van der Waals surface area contributed by atoms with E-state index in [0.717, 1.165) is 11.1 Å². The van der Waals surface area contributed by atoms with Crippen LogP contribution in [0.15, 0.2) is 48.1 Å². The molecule has 0 saturated heterocycles. The normalized spacial score (nSPS) is 11.1. The molecule has 0 saturated carbocycles. The van der Waals surface area contributed by atoms with Crippen LogP contribution < -0.4 is 19.5 Å². The quantitative estimate of drug-likeness (QED) is 0.394. The summed E-state index contributed by atoms with van der Waals surface area (Å²) < 4.78 is 15.6. The number of benzene rings is 2. The minimum atomic E-state index is -0.494. The zero-order chi connectivity index (χ0) is 22.1. The molecule has 0 heterocycles. The van der Waals surface area contributed by atoms with Crippen LogP contribution in [0.25, 0.3) is 6.08 Å². The van der Waals surface area contributed by atoms with Gasteiger partial charge in [0, 0.05) is 12.1 Å². The molecule has 0 bridgehead atoms. The fraction of sp³-hybridized carbons (Fsp3) is 0.217. The maximum absolute atomic E-state index is 12.4. The predicted molar refractivity (Wildman–Crippen MR) is 114 cm³/mol. The second-order valence-corrected chi connectivity index (χ2v) is 6.28. The third-order valence-electron chi connectivity index (χ3n) is 4.36. The number of nitrogens with zero attached hydrogens (tertiary/aromatic N) is 1. The fourth-order valence-corrected chi connectivity index (χ4v) is 2.84. The Morgan fingerprint density at radius 1 is 1.17 bits per heavy atom. The lowest BCUT2D eigenvalue weighted by molar-refractivity contribution is -0.117. The Morgan fingerprint density at radius 2 is 1.83 bits per heavy atom. The van der Waals surface area contributed by atoms with Crippen LogP contribution in [-0.2, 0) is 11.3 Å². The first-order valence-electron chi connectivity index (χ1n) is 9.09. The maximum atomic E-state index is 12.4. The molecule has 2 N–H and O–H groups in total. The summed E-state index contributed by atoms with van der Waals surface area (Å²) in [6.07, 6.45) is 4.64. The number of para-hydroxylation sites is 1. The summed E-state index contributed by atoms with van der Waals surface area (Å²) in [5.74, 6) is 0.616. The van der Waals surface area contributed by atoms with E-state index < -0.39 is 5.91 Å². The van der Waals surface area contributed by atoms with Crippen LogP contribution in [0.5, 0.6) is 23.0 Å². The zero-order valence-electron chi connectivity index (χ0n) is 17.4. The molecule has 0 atom stereocenters. The second-order valence-electron chi connectivity index (χ2n) is 6.28. The van der Waals surface area contributed by atoms with Crippen LogP contribution in [-0.4, -0.2) is 32.3 Å². The van der Waals surface area contributed by atoms with Gasteiger partial charge in [0.25, 0.3) is 5.91 Å². The molecule has 2 aromatic carbocycles. The Labute approximate surface area is 175 Å². The van der Waals surface area contributed by atoms with Gasteiger partial charge in [-0.05, 0) is 36.3 Å². The van der Waals surface area contributed by atoms with Crippen molar-refractivity contribution >= 4 is 12.0 Å². The predicted octanol–water partition coefficient (Wildman–Crippen LogP) is 3.51. The van der Waals surface area contributed by atoms with Crippen LogP contribution in [0.1, 0.15) is 16.7 Å². The van der Waals surface area contributed by atoms with Gasteiger partial charge in [-0.15, -0.1) is 0 Å². The Kier molecular flexibility index (Phi) is 7.89. The monoisotopic (exact) mass is 408 g/mol. The third kappa shape index (κ3) is 5.32. The summed E-state index contributed by atoms with van der Waals surface area (Å²) in [6.45, 7) is 2.15. The van der Waals surface area contributed by atoms with Crippen molar-refractivity contribution in [2.45, 2.75) is 13.5 Å². The van der Waals surface area contributed by atoms with Gasteiger partial charge in [-0.25, -0.2) is 0 Å². The van der Waals surface area contributed by atoms with Gasteiger partial charge < -0.3 is 24.6 Å². The number of hydrogen-bond acceptors (Lipinski definition) is 6. The Bertz CT molecular complexity index is 994. The van der Waals surface area contributed by atoms with Crippen molar-refractivity contribution in [1.29, 1.82) is 5.26 Å². The van der Waals surface area contributed by atoms with Crippen molar-refractivity contribution in [1.82, 2.24) is 5.32 Å². The molecular weight excluding hydrogens is 384 g/mol. The third-order valence-corrected chi connectivity index (χ3v) is 4.36. The molecule has 1 amide bonds. The first-order chi connectivity index (χ1) is 14.4. The van der Waals surface area contributed by atoms with Gasteiger partial charge >= 0.3 is 0 Å². The number of carbonyl (C=O) groups is 1. The Balaban J connectivity index is 2.13. The summed E-state index contributed by atoms with van der Waals surface area (Å²) in [4.78, 5) is 12.4. The number of nitrogens with one attached hydrogen (secondary N) is 1. The summed E-state index contributed by atoms with van der Waals surface area (Å²) in [6, 6.07) is 10.8. The van der Waals surface area contributed by atoms with E-state index in [1.54, 1.807) is 31.4 Å². The Morgan fingerprint density at radius 3 is 2.40 bits per heavy atom. The van der Waals surface area contributed by atoms with E-state index in [1.165, 1.54) is 20.3 Å². The molecule has 0 unspecified atom stereocenters. The number of phenols is 1. The van der Waals surface area contributed by atoms with E-state index in [9.17, 15) is 15.2 Å². The summed E-state index contributed by atoms with van der Waals surface area (Å²) in [5, 5.41) is 22.0. The molecule has 0 radical (unpaired) electrons. The molecule has 2 rings (SSSR count). The van der Waals surface area contributed by atoms with Gasteiger partial charge in [0.15, 0.2) is 11.5 Å². The van der Waals surface area contributed by atoms with Gasteiger partial charge in [-0.2, -0.15) is 5.26 Å². The highest BCUT2D eigenvalue weighted by molar-refractivity contribution is 5.97. The molecule has 156 valence electrons. The summed E-state index contributed by atoms with van der Waals surface area (Å²) >= 11 is 0. The molecule has 0 aliphatic rings. The lowest BCUT2D eigenvalue weighted by Crippen LogP contribution is -2.24. The van der Waals surface area contributed by atoms with Gasteiger partial charge in [0.1, 0.15) is 17.4 Å². The molecule has 2 aromatic rings. The van der Waals surface area contributed by atoms with Gasteiger partial charge in [0.2, 0.25) is 5.75 Å². The van der Waals surface area contributed by atoms with Crippen molar-refractivity contribution in [2.75, 3.05) is 21.3 Å². The number of ether oxygens (including phenoxy) is 3. The summed E-state index contributed by atoms with van der Waals surface area (Å²) in [7, 11) is 4.44. The van der Waals surface area contributed by atoms with Crippen molar-refractivity contribution in [3.63, 3.8) is 0 Å². The van der Waals surface area contributed by atoms with Crippen molar-refractivity contribution < 1.29 is 24.1 Å². The molecule has 0 aliphatic carbocycles. The van der Waals surface area contributed by atoms with E-state index in [4.69, 9.17) is 14.2 Å². The number of carbonyl (C=O) groups excluding carboxylic acids is 1. The molecule has 0 fully saturated rings. The standard InChI is InChI=1S/C23H24N2O5/c1-15-7-5-10-18(22(15)30-4)14-25-23(27)17(13-24)9-6-8-16-11-19(28-2)21(26)20(12-16)29-3/h5-12,26H,14H2,1-4H3,(H,25,27)/b8-6+,17-9+.